The van der Waals surface area contributed by atoms with Gasteiger partial charge in [0, 0.05) is 21.1 Å². The third-order valence-corrected chi connectivity index (χ3v) is 4.05. The van der Waals surface area contributed by atoms with Crippen LogP contribution in [-0.2, 0) is 6.61 Å². The molecule has 0 amide bonds. The average molecular weight is 355 g/mol. The molecule has 1 atom stereocenters. The molecule has 2 aromatic rings. The standard InChI is InChI=1S/C16H17BrClNO/c1-11(19-2)12-4-3-5-15(8-12)20-10-13-6-7-14(17)9-16(13)18/h3-9,11,19H,10H2,1-2H3. The molecule has 1 unspecified atom stereocenters. The maximum atomic E-state index is 6.18. The second kappa shape index (κ2) is 7.11. The first-order valence-electron chi connectivity index (χ1n) is 6.44. The normalized spacial score (nSPS) is 12.2. The molecule has 0 heterocycles. The van der Waals surface area contributed by atoms with Gasteiger partial charge in [0.1, 0.15) is 12.4 Å². The molecule has 0 spiro atoms. The van der Waals surface area contributed by atoms with E-state index < -0.39 is 0 Å². The van der Waals surface area contributed by atoms with E-state index in [1.165, 1.54) is 5.56 Å². The number of benzene rings is 2. The van der Waals surface area contributed by atoms with E-state index in [1.807, 2.05) is 43.4 Å². The van der Waals surface area contributed by atoms with Gasteiger partial charge < -0.3 is 10.1 Å². The van der Waals surface area contributed by atoms with Crippen LogP contribution in [0.1, 0.15) is 24.1 Å². The van der Waals surface area contributed by atoms with Gasteiger partial charge in [-0.05, 0) is 43.8 Å². The molecule has 2 rings (SSSR count). The van der Waals surface area contributed by atoms with Gasteiger partial charge in [0.2, 0.25) is 0 Å². The second-order valence-electron chi connectivity index (χ2n) is 4.61. The zero-order valence-electron chi connectivity index (χ0n) is 11.5. The highest BCUT2D eigenvalue weighted by Crippen LogP contribution is 2.24. The van der Waals surface area contributed by atoms with E-state index in [9.17, 15) is 0 Å². The van der Waals surface area contributed by atoms with E-state index in [-0.39, 0.29) is 0 Å². The molecule has 0 aliphatic carbocycles. The lowest BCUT2D eigenvalue weighted by molar-refractivity contribution is 0.305. The predicted octanol–water partition coefficient (Wildman–Crippen LogP) is 4.96. The average Bonchev–Trinajstić information content (AvgIpc) is 2.46. The molecule has 20 heavy (non-hydrogen) atoms. The van der Waals surface area contributed by atoms with Gasteiger partial charge in [0.25, 0.3) is 0 Å². The van der Waals surface area contributed by atoms with Crippen LogP contribution in [0.4, 0.5) is 0 Å². The lowest BCUT2D eigenvalue weighted by Gasteiger charge is -2.13. The largest absolute Gasteiger partial charge is 0.489 e. The monoisotopic (exact) mass is 353 g/mol. The Balaban J connectivity index is 2.07. The third-order valence-electron chi connectivity index (χ3n) is 3.20. The zero-order valence-corrected chi connectivity index (χ0v) is 13.8. The molecule has 4 heteroatoms. The summed E-state index contributed by atoms with van der Waals surface area (Å²) in [5, 5.41) is 3.92. The van der Waals surface area contributed by atoms with Crippen molar-refractivity contribution in [2.24, 2.45) is 0 Å². The molecule has 0 aromatic heterocycles. The minimum absolute atomic E-state index is 0.301. The number of rotatable bonds is 5. The van der Waals surface area contributed by atoms with Gasteiger partial charge in [-0.1, -0.05) is 45.7 Å². The van der Waals surface area contributed by atoms with Crippen molar-refractivity contribution in [2.45, 2.75) is 19.6 Å². The SMILES string of the molecule is CNC(C)c1cccc(OCc2ccc(Br)cc2Cl)c1. The van der Waals surface area contributed by atoms with Gasteiger partial charge >= 0.3 is 0 Å². The van der Waals surface area contributed by atoms with E-state index in [2.05, 4.69) is 34.2 Å². The Bertz CT molecular complexity index is 588. The fraction of sp³-hybridized carbons (Fsp3) is 0.250. The van der Waals surface area contributed by atoms with Gasteiger partial charge in [-0.3, -0.25) is 0 Å². The third kappa shape index (κ3) is 3.98. The van der Waals surface area contributed by atoms with E-state index in [0.29, 0.717) is 17.7 Å². The Hall–Kier alpha value is -1.03. The Kier molecular flexibility index (Phi) is 5.46. The van der Waals surface area contributed by atoms with Crippen molar-refractivity contribution in [3.63, 3.8) is 0 Å². The summed E-state index contributed by atoms with van der Waals surface area (Å²) in [6.07, 6.45) is 0. The van der Waals surface area contributed by atoms with Crippen LogP contribution in [0.25, 0.3) is 0 Å². The van der Waals surface area contributed by atoms with Crippen molar-refractivity contribution in [3.8, 4) is 5.75 Å². The van der Waals surface area contributed by atoms with Gasteiger partial charge in [-0.15, -0.1) is 0 Å². The van der Waals surface area contributed by atoms with Crippen LogP contribution in [0.3, 0.4) is 0 Å². The van der Waals surface area contributed by atoms with Crippen LogP contribution >= 0.6 is 27.5 Å². The van der Waals surface area contributed by atoms with Crippen LogP contribution in [-0.4, -0.2) is 7.05 Å². The second-order valence-corrected chi connectivity index (χ2v) is 5.93. The van der Waals surface area contributed by atoms with Gasteiger partial charge in [0.15, 0.2) is 0 Å². The molecule has 0 aliphatic heterocycles. The minimum Gasteiger partial charge on any atom is -0.489 e. The lowest BCUT2D eigenvalue weighted by atomic mass is 10.1. The number of nitrogens with one attached hydrogen (secondary N) is 1. The first kappa shape index (κ1) is 15.4. The van der Waals surface area contributed by atoms with Crippen molar-refractivity contribution >= 4 is 27.5 Å². The fourth-order valence-corrected chi connectivity index (χ4v) is 2.57. The fourth-order valence-electron chi connectivity index (χ4n) is 1.84. The molecule has 0 fully saturated rings. The van der Waals surface area contributed by atoms with Crippen molar-refractivity contribution in [1.29, 1.82) is 0 Å². The molecular weight excluding hydrogens is 338 g/mol. The predicted molar refractivity (Wildman–Crippen MR) is 87.4 cm³/mol. The van der Waals surface area contributed by atoms with Gasteiger partial charge in [0.05, 0.1) is 0 Å². The topological polar surface area (TPSA) is 21.3 Å². The van der Waals surface area contributed by atoms with Crippen molar-refractivity contribution in [1.82, 2.24) is 5.32 Å². The maximum absolute atomic E-state index is 6.18. The molecular formula is C16H17BrClNO. The first-order chi connectivity index (χ1) is 9.60. The highest BCUT2D eigenvalue weighted by Gasteiger charge is 2.05. The number of halogens is 2. The molecule has 0 aliphatic rings. The van der Waals surface area contributed by atoms with Crippen LogP contribution in [0.5, 0.6) is 5.75 Å². The Morgan fingerprint density at radius 1 is 1.25 bits per heavy atom. The summed E-state index contributed by atoms with van der Waals surface area (Å²) in [6, 6.07) is 14.2. The summed E-state index contributed by atoms with van der Waals surface area (Å²) in [4.78, 5) is 0. The van der Waals surface area contributed by atoms with Crippen LogP contribution in [0.15, 0.2) is 46.9 Å². The molecule has 1 N–H and O–H groups in total. The van der Waals surface area contributed by atoms with Crippen LogP contribution in [0.2, 0.25) is 5.02 Å². The Labute approximate surface area is 133 Å². The highest BCUT2D eigenvalue weighted by atomic mass is 79.9. The number of hydrogen-bond donors (Lipinski definition) is 1. The van der Waals surface area contributed by atoms with Crippen LogP contribution < -0.4 is 10.1 Å². The highest BCUT2D eigenvalue weighted by molar-refractivity contribution is 9.10. The lowest BCUT2D eigenvalue weighted by Crippen LogP contribution is -2.12. The summed E-state index contributed by atoms with van der Waals surface area (Å²) < 4.78 is 6.79. The van der Waals surface area contributed by atoms with E-state index in [0.717, 1.165) is 15.8 Å². The Morgan fingerprint density at radius 2 is 2.05 bits per heavy atom. The Morgan fingerprint density at radius 3 is 2.75 bits per heavy atom. The minimum atomic E-state index is 0.301. The maximum Gasteiger partial charge on any atom is 0.120 e. The van der Waals surface area contributed by atoms with E-state index >= 15 is 0 Å². The van der Waals surface area contributed by atoms with E-state index in [4.69, 9.17) is 16.3 Å². The summed E-state index contributed by atoms with van der Waals surface area (Å²) in [5.41, 5.74) is 2.17. The van der Waals surface area contributed by atoms with Crippen molar-refractivity contribution in [2.75, 3.05) is 7.05 Å². The van der Waals surface area contributed by atoms with Gasteiger partial charge in [-0.2, -0.15) is 0 Å². The number of ether oxygens (including phenoxy) is 1. The molecule has 0 saturated heterocycles. The summed E-state index contributed by atoms with van der Waals surface area (Å²) in [7, 11) is 1.94. The number of hydrogen-bond acceptors (Lipinski definition) is 2. The summed E-state index contributed by atoms with van der Waals surface area (Å²) in [5.74, 6) is 0.851. The summed E-state index contributed by atoms with van der Waals surface area (Å²) in [6.45, 7) is 2.58. The molecule has 0 bridgehead atoms. The quantitative estimate of drug-likeness (QED) is 0.819. The summed E-state index contributed by atoms with van der Waals surface area (Å²) >= 11 is 9.57. The van der Waals surface area contributed by atoms with Crippen molar-refractivity contribution < 1.29 is 4.74 Å². The van der Waals surface area contributed by atoms with Crippen LogP contribution in [0, 0.1) is 0 Å². The van der Waals surface area contributed by atoms with E-state index in [1.54, 1.807) is 0 Å². The molecule has 0 radical (unpaired) electrons. The molecule has 2 aromatic carbocycles. The van der Waals surface area contributed by atoms with Gasteiger partial charge in [-0.25, -0.2) is 0 Å². The smallest absolute Gasteiger partial charge is 0.120 e. The first-order valence-corrected chi connectivity index (χ1v) is 7.61. The molecule has 0 saturated carbocycles. The molecule has 106 valence electrons. The van der Waals surface area contributed by atoms with Crippen molar-refractivity contribution in [3.05, 3.63) is 63.1 Å². The zero-order chi connectivity index (χ0) is 14.5. The molecule has 2 nitrogen and oxygen atoms in total.